The van der Waals surface area contributed by atoms with Crippen LogP contribution in [0.3, 0.4) is 0 Å². The van der Waals surface area contributed by atoms with Crippen molar-refractivity contribution in [1.82, 2.24) is 24.4 Å². The lowest BCUT2D eigenvalue weighted by molar-refractivity contribution is -0.131. The highest BCUT2D eigenvalue weighted by molar-refractivity contribution is 5.80. The molecule has 1 aliphatic heterocycles. The van der Waals surface area contributed by atoms with E-state index in [1.54, 1.807) is 0 Å². The van der Waals surface area contributed by atoms with Gasteiger partial charge in [-0.15, -0.1) is 0 Å². The van der Waals surface area contributed by atoms with E-state index in [-0.39, 0.29) is 5.91 Å². The van der Waals surface area contributed by atoms with Gasteiger partial charge in [-0.2, -0.15) is 5.10 Å². The molecule has 146 valence electrons. The molecule has 0 bridgehead atoms. The summed E-state index contributed by atoms with van der Waals surface area (Å²) in [5.74, 6) is 0.854. The van der Waals surface area contributed by atoms with Crippen LogP contribution in [0.15, 0.2) is 36.7 Å². The van der Waals surface area contributed by atoms with Crippen LogP contribution in [0.2, 0.25) is 0 Å². The van der Waals surface area contributed by atoms with Gasteiger partial charge in [0.15, 0.2) is 5.65 Å². The standard InChI is InChI=1S/C21H25N5O2/c1-15-11-22-21-17-13-25(14-18(17)23-26(21)12-15)20(27)10-16-6-4-5-7-19(16)28-9-8-24(2)3/h4-7,11-12H,8-10,13-14H2,1-3H3. The molecule has 0 aliphatic carbocycles. The van der Waals surface area contributed by atoms with Gasteiger partial charge in [0.1, 0.15) is 12.4 Å². The van der Waals surface area contributed by atoms with Crippen molar-refractivity contribution in [3.8, 4) is 5.75 Å². The molecule has 7 nitrogen and oxygen atoms in total. The molecule has 3 aromatic rings. The van der Waals surface area contributed by atoms with Crippen LogP contribution in [0, 0.1) is 6.92 Å². The van der Waals surface area contributed by atoms with E-state index in [9.17, 15) is 4.79 Å². The number of fused-ring (bicyclic) bond motifs is 3. The number of para-hydroxylation sites is 1. The SMILES string of the molecule is Cc1cnc2c3c(nn2c1)CN(C(=O)Cc1ccccc1OCCN(C)C)C3. The monoisotopic (exact) mass is 379 g/mol. The average Bonchev–Trinajstić information content (AvgIpc) is 3.20. The molecule has 1 amide bonds. The highest BCUT2D eigenvalue weighted by atomic mass is 16.5. The zero-order valence-electron chi connectivity index (χ0n) is 16.6. The fraction of sp³-hybridized carbons (Fsp3) is 0.381. The molecule has 0 saturated heterocycles. The third-order valence-corrected chi connectivity index (χ3v) is 4.93. The largest absolute Gasteiger partial charge is 0.492 e. The molecule has 7 heteroatoms. The molecule has 1 aliphatic rings. The Morgan fingerprint density at radius 3 is 2.89 bits per heavy atom. The molecular formula is C21H25N5O2. The second-order valence-electron chi connectivity index (χ2n) is 7.51. The molecule has 0 spiro atoms. The van der Waals surface area contributed by atoms with E-state index in [1.807, 2.05) is 67.1 Å². The van der Waals surface area contributed by atoms with Gasteiger partial charge in [-0.05, 0) is 32.6 Å². The molecule has 3 heterocycles. The second kappa shape index (κ2) is 7.59. The number of hydrogen-bond acceptors (Lipinski definition) is 5. The normalized spacial score (nSPS) is 13.4. The average molecular weight is 379 g/mol. The van der Waals surface area contributed by atoms with Gasteiger partial charge < -0.3 is 14.5 Å². The zero-order chi connectivity index (χ0) is 19.7. The highest BCUT2D eigenvalue weighted by Gasteiger charge is 2.29. The topological polar surface area (TPSA) is 63.0 Å². The number of likely N-dealkylation sites (N-methyl/N-ethyl adjacent to an activating group) is 1. The lowest BCUT2D eigenvalue weighted by Gasteiger charge is -2.18. The Bertz CT molecular complexity index is 1010. The van der Waals surface area contributed by atoms with Crippen LogP contribution >= 0.6 is 0 Å². The van der Waals surface area contributed by atoms with Gasteiger partial charge in [0.25, 0.3) is 0 Å². The van der Waals surface area contributed by atoms with E-state index in [2.05, 4.69) is 15.0 Å². The first-order valence-corrected chi connectivity index (χ1v) is 9.47. The summed E-state index contributed by atoms with van der Waals surface area (Å²) >= 11 is 0. The van der Waals surface area contributed by atoms with Gasteiger partial charge in [0.05, 0.1) is 25.2 Å². The first kappa shape index (κ1) is 18.4. The van der Waals surface area contributed by atoms with E-state index in [4.69, 9.17) is 4.74 Å². The van der Waals surface area contributed by atoms with Crippen molar-refractivity contribution in [1.29, 1.82) is 0 Å². The number of aryl methyl sites for hydroxylation is 1. The zero-order valence-corrected chi connectivity index (χ0v) is 16.6. The number of carbonyl (C=O) groups excluding carboxylic acids is 1. The van der Waals surface area contributed by atoms with Crippen molar-refractivity contribution < 1.29 is 9.53 Å². The summed E-state index contributed by atoms with van der Waals surface area (Å²) in [6.07, 6.45) is 4.12. The van der Waals surface area contributed by atoms with Crippen molar-refractivity contribution in [2.24, 2.45) is 0 Å². The van der Waals surface area contributed by atoms with Crippen LogP contribution in [0.1, 0.15) is 22.4 Å². The van der Waals surface area contributed by atoms with Crippen molar-refractivity contribution in [2.75, 3.05) is 27.2 Å². The van der Waals surface area contributed by atoms with Gasteiger partial charge in [0, 0.05) is 30.1 Å². The minimum absolute atomic E-state index is 0.0759. The Morgan fingerprint density at radius 2 is 2.07 bits per heavy atom. The first-order valence-electron chi connectivity index (χ1n) is 9.47. The summed E-state index contributed by atoms with van der Waals surface area (Å²) in [5, 5.41) is 4.60. The predicted octanol–water partition coefficient (Wildman–Crippen LogP) is 2.06. The molecule has 2 aromatic heterocycles. The summed E-state index contributed by atoms with van der Waals surface area (Å²) in [6.45, 7) is 4.50. The van der Waals surface area contributed by atoms with E-state index < -0.39 is 0 Å². The number of hydrogen-bond donors (Lipinski definition) is 0. The van der Waals surface area contributed by atoms with Gasteiger partial charge in [-0.25, -0.2) is 9.50 Å². The number of ether oxygens (including phenoxy) is 1. The fourth-order valence-electron chi connectivity index (χ4n) is 3.42. The van der Waals surface area contributed by atoms with Gasteiger partial charge in [-0.3, -0.25) is 4.79 Å². The number of rotatable bonds is 6. The van der Waals surface area contributed by atoms with Gasteiger partial charge >= 0.3 is 0 Å². The number of carbonyl (C=O) groups is 1. The van der Waals surface area contributed by atoms with E-state index in [0.29, 0.717) is 26.1 Å². The Labute approximate surface area is 164 Å². The molecule has 4 rings (SSSR count). The summed E-state index contributed by atoms with van der Waals surface area (Å²) in [6, 6.07) is 7.76. The third kappa shape index (κ3) is 3.71. The minimum atomic E-state index is 0.0759. The van der Waals surface area contributed by atoms with Crippen molar-refractivity contribution in [3.05, 3.63) is 59.0 Å². The van der Waals surface area contributed by atoms with Crippen molar-refractivity contribution in [3.63, 3.8) is 0 Å². The summed E-state index contributed by atoms with van der Waals surface area (Å²) < 4.78 is 7.70. The Hall–Kier alpha value is -2.93. The number of amides is 1. The highest BCUT2D eigenvalue weighted by Crippen LogP contribution is 2.27. The van der Waals surface area contributed by atoms with E-state index in [0.717, 1.165) is 40.3 Å². The summed E-state index contributed by atoms with van der Waals surface area (Å²) in [7, 11) is 4.02. The van der Waals surface area contributed by atoms with E-state index in [1.165, 1.54) is 0 Å². The molecule has 0 unspecified atom stereocenters. The van der Waals surface area contributed by atoms with Crippen molar-refractivity contribution >= 4 is 11.6 Å². The maximum absolute atomic E-state index is 12.9. The van der Waals surface area contributed by atoms with Crippen LogP contribution in [0.25, 0.3) is 5.65 Å². The van der Waals surface area contributed by atoms with E-state index >= 15 is 0 Å². The lowest BCUT2D eigenvalue weighted by Crippen LogP contribution is -2.27. The van der Waals surface area contributed by atoms with Gasteiger partial charge in [-0.1, -0.05) is 18.2 Å². The quantitative estimate of drug-likeness (QED) is 0.656. The molecule has 1 aromatic carbocycles. The molecule has 0 fully saturated rings. The summed E-state index contributed by atoms with van der Waals surface area (Å²) in [5.41, 5.74) is 4.79. The Kier molecular flexibility index (Phi) is 5.00. The molecule has 0 radical (unpaired) electrons. The maximum Gasteiger partial charge on any atom is 0.227 e. The van der Waals surface area contributed by atoms with Gasteiger partial charge in [0.2, 0.25) is 5.91 Å². The third-order valence-electron chi connectivity index (χ3n) is 4.93. The van der Waals surface area contributed by atoms with Crippen LogP contribution in [0.5, 0.6) is 5.75 Å². The molecule has 28 heavy (non-hydrogen) atoms. The summed E-state index contributed by atoms with van der Waals surface area (Å²) in [4.78, 5) is 21.3. The van der Waals surface area contributed by atoms with Crippen LogP contribution < -0.4 is 4.74 Å². The molecule has 0 atom stereocenters. The predicted molar refractivity (Wildman–Crippen MR) is 106 cm³/mol. The number of aromatic nitrogens is 3. The minimum Gasteiger partial charge on any atom is -0.492 e. The Morgan fingerprint density at radius 1 is 1.25 bits per heavy atom. The molecule has 0 saturated carbocycles. The second-order valence-corrected chi connectivity index (χ2v) is 7.51. The van der Waals surface area contributed by atoms with Crippen LogP contribution in [0.4, 0.5) is 0 Å². The lowest BCUT2D eigenvalue weighted by atomic mass is 10.1. The number of nitrogens with zero attached hydrogens (tertiary/aromatic N) is 5. The fourth-order valence-corrected chi connectivity index (χ4v) is 3.42. The maximum atomic E-state index is 12.9. The smallest absolute Gasteiger partial charge is 0.227 e. The Balaban J connectivity index is 1.45. The van der Waals surface area contributed by atoms with Crippen LogP contribution in [-0.2, 0) is 24.3 Å². The molecular weight excluding hydrogens is 354 g/mol. The number of benzene rings is 1. The van der Waals surface area contributed by atoms with Crippen LogP contribution in [-0.4, -0.2) is 57.6 Å². The van der Waals surface area contributed by atoms with Crippen molar-refractivity contribution in [2.45, 2.75) is 26.4 Å². The first-order chi connectivity index (χ1) is 13.5. The molecule has 0 N–H and O–H groups in total.